The quantitative estimate of drug-likeness (QED) is 0.938. The minimum absolute atomic E-state index is 0.0422. The molecule has 6 heteroatoms. The Morgan fingerprint density at radius 1 is 1.52 bits per heavy atom. The summed E-state index contributed by atoms with van der Waals surface area (Å²) in [6, 6.07) is 2.00. The molecule has 1 N–H and O–H groups in total. The Hall–Kier alpha value is -2.11. The molecule has 0 bridgehead atoms. The summed E-state index contributed by atoms with van der Waals surface area (Å²) < 4.78 is 5.11. The lowest BCUT2D eigenvalue weighted by Gasteiger charge is -2.32. The summed E-state index contributed by atoms with van der Waals surface area (Å²) in [5.74, 6) is 1.12. The smallest absolute Gasteiger partial charge is 0.259 e. The third-order valence-electron chi connectivity index (χ3n) is 4.12. The lowest BCUT2D eigenvalue weighted by molar-refractivity contribution is 0.0670. The fourth-order valence-electron chi connectivity index (χ4n) is 3.07. The van der Waals surface area contributed by atoms with Crippen molar-refractivity contribution in [2.75, 3.05) is 13.1 Å². The molecule has 3 heterocycles. The van der Waals surface area contributed by atoms with Crippen molar-refractivity contribution in [2.45, 2.75) is 33.1 Å². The molecule has 2 aromatic heterocycles. The van der Waals surface area contributed by atoms with E-state index in [2.05, 4.69) is 15.4 Å². The predicted molar refractivity (Wildman–Crippen MR) is 76.9 cm³/mol. The molecule has 0 radical (unpaired) electrons. The number of aromatic nitrogens is 3. The molecule has 0 spiro atoms. The number of H-pyrrole nitrogens is 1. The standard InChI is InChI=1S/C15H20N4O2/c1-10-14(11(2)21-18-10)15(20)19-7-3-4-12(9-19)8-13-5-6-16-17-13/h5-6,12H,3-4,7-9H2,1-2H3,(H,16,17)/t12-/m1/s1. The molecule has 6 nitrogen and oxygen atoms in total. The highest BCUT2D eigenvalue weighted by Gasteiger charge is 2.28. The van der Waals surface area contributed by atoms with Gasteiger partial charge in [0, 0.05) is 25.0 Å². The van der Waals surface area contributed by atoms with Gasteiger partial charge in [-0.1, -0.05) is 5.16 Å². The molecule has 0 saturated carbocycles. The summed E-state index contributed by atoms with van der Waals surface area (Å²) in [5.41, 5.74) is 2.43. The zero-order valence-electron chi connectivity index (χ0n) is 12.4. The first-order valence-corrected chi connectivity index (χ1v) is 7.35. The molecule has 1 saturated heterocycles. The van der Waals surface area contributed by atoms with Gasteiger partial charge in [0.1, 0.15) is 11.3 Å². The number of likely N-dealkylation sites (tertiary alicyclic amines) is 1. The van der Waals surface area contributed by atoms with Crippen LogP contribution in [-0.4, -0.2) is 39.3 Å². The van der Waals surface area contributed by atoms with E-state index in [0.29, 0.717) is 22.9 Å². The van der Waals surface area contributed by atoms with Crippen molar-refractivity contribution in [1.29, 1.82) is 0 Å². The Bertz CT molecular complexity index is 598. The first-order chi connectivity index (χ1) is 10.1. The van der Waals surface area contributed by atoms with E-state index in [4.69, 9.17) is 4.52 Å². The van der Waals surface area contributed by atoms with E-state index < -0.39 is 0 Å². The second kappa shape index (κ2) is 5.71. The minimum atomic E-state index is 0.0422. The van der Waals surface area contributed by atoms with Crippen molar-refractivity contribution in [3.05, 3.63) is 35.0 Å². The van der Waals surface area contributed by atoms with Gasteiger partial charge in [-0.05, 0) is 45.1 Å². The summed E-state index contributed by atoms with van der Waals surface area (Å²) >= 11 is 0. The first kappa shape index (κ1) is 13.9. The van der Waals surface area contributed by atoms with Gasteiger partial charge in [-0.3, -0.25) is 9.89 Å². The summed E-state index contributed by atoms with van der Waals surface area (Å²) in [5, 5.41) is 10.9. The molecule has 21 heavy (non-hydrogen) atoms. The molecular formula is C15H20N4O2. The zero-order chi connectivity index (χ0) is 14.8. The summed E-state index contributed by atoms with van der Waals surface area (Å²) in [6.07, 6.45) is 4.88. The van der Waals surface area contributed by atoms with Gasteiger partial charge in [0.25, 0.3) is 5.91 Å². The van der Waals surface area contributed by atoms with Crippen LogP contribution in [0.15, 0.2) is 16.8 Å². The van der Waals surface area contributed by atoms with Crippen LogP contribution in [0, 0.1) is 19.8 Å². The lowest BCUT2D eigenvalue weighted by Crippen LogP contribution is -2.40. The van der Waals surface area contributed by atoms with E-state index in [0.717, 1.165) is 38.0 Å². The van der Waals surface area contributed by atoms with Crippen LogP contribution in [0.25, 0.3) is 0 Å². The van der Waals surface area contributed by atoms with Crippen molar-refractivity contribution >= 4 is 5.91 Å². The third-order valence-corrected chi connectivity index (χ3v) is 4.12. The van der Waals surface area contributed by atoms with Crippen molar-refractivity contribution < 1.29 is 9.32 Å². The van der Waals surface area contributed by atoms with Gasteiger partial charge in [0.2, 0.25) is 0 Å². The Kier molecular flexibility index (Phi) is 3.77. The maximum atomic E-state index is 12.7. The molecule has 3 rings (SSSR count). The number of nitrogens with one attached hydrogen (secondary N) is 1. The molecule has 1 aliphatic heterocycles. The Labute approximate surface area is 123 Å². The van der Waals surface area contributed by atoms with Crippen molar-refractivity contribution in [3.8, 4) is 0 Å². The maximum absolute atomic E-state index is 12.7. The summed E-state index contributed by atoms with van der Waals surface area (Å²) in [6.45, 7) is 5.19. The van der Waals surface area contributed by atoms with Crippen molar-refractivity contribution in [1.82, 2.24) is 20.3 Å². The van der Waals surface area contributed by atoms with E-state index in [1.54, 1.807) is 13.1 Å². The van der Waals surface area contributed by atoms with Gasteiger partial charge < -0.3 is 9.42 Å². The third kappa shape index (κ3) is 2.84. The average molecular weight is 288 g/mol. The number of aromatic amines is 1. The van der Waals surface area contributed by atoms with E-state index in [-0.39, 0.29) is 5.91 Å². The number of amides is 1. The molecule has 1 amide bonds. The lowest BCUT2D eigenvalue weighted by atomic mass is 9.93. The largest absolute Gasteiger partial charge is 0.361 e. The number of piperidine rings is 1. The number of hydrogen-bond donors (Lipinski definition) is 1. The normalized spacial score (nSPS) is 19.0. The Morgan fingerprint density at radius 2 is 2.38 bits per heavy atom. The number of carbonyl (C=O) groups excluding carboxylic acids is 1. The molecule has 0 aliphatic carbocycles. The van der Waals surface area contributed by atoms with Gasteiger partial charge in [0.05, 0.1) is 5.69 Å². The molecule has 1 fully saturated rings. The second-order valence-corrected chi connectivity index (χ2v) is 5.74. The fourth-order valence-corrected chi connectivity index (χ4v) is 3.07. The number of hydrogen-bond acceptors (Lipinski definition) is 4. The predicted octanol–water partition coefficient (Wildman–Crippen LogP) is 2.11. The highest BCUT2D eigenvalue weighted by Crippen LogP contribution is 2.23. The molecule has 1 atom stereocenters. The second-order valence-electron chi connectivity index (χ2n) is 5.74. The maximum Gasteiger partial charge on any atom is 0.259 e. The van der Waals surface area contributed by atoms with E-state index in [1.807, 2.05) is 17.9 Å². The van der Waals surface area contributed by atoms with Crippen molar-refractivity contribution in [3.63, 3.8) is 0 Å². The number of rotatable bonds is 3. The van der Waals surface area contributed by atoms with Crippen LogP contribution in [-0.2, 0) is 6.42 Å². The number of carbonyl (C=O) groups is 1. The summed E-state index contributed by atoms with van der Waals surface area (Å²) in [4.78, 5) is 14.6. The monoisotopic (exact) mass is 288 g/mol. The number of aryl methyl sites for hydroxylation is 2. The van der Waals surface area contributed by atoms with Crippen LogP contribution in [0.5, 0.6) is 0 Å². The van der Waals surface area contributed by atoms with Gasteiger partial charge in [-0.15, -0.1) is 0 Å². The summed E-state index contributed by atoms with van der Waals surface area (Å²) in [7, 11) is 0. The van der Waals surface area contributed by atoms with Gasteiger partial charge in [0.15, 0.2) is 0 Å². The Balaban J connectivity index is 1.69. The SMILES string of the molecule is Cc1noc(C)c1C(=O)N1CCC[C@H](Cc2ccn[nH]2)C1. The van der Waals surface area contributed by atoms with Gasteiger partial charge >= 0.3 is 0 Å². The zero-order valence-corrected chi connectivity index (χ0v) is 12.4. The van der Waals surface area contributed by atoms with Gasteiger partial charge in [-0.25, -0.2) is 0 Å². The van der Waals surface area contributed by atoms with E-state index in [1.165, 1.54) is 0 Å². The molecule has 0 unspecified atom stereocenters. The van der Waals surface area contributed by atoms with E-state index >= 15 is 0 Å². The highest BCUT2D eigenvalue weighted by molar-refractivity contribution is 5.96. The fraction of sp³-hybridized carbons (Fsp3) is 0.533. The Morgan fingerprint density at radius 3 is 3.05 bits per heavy atom. The molecule has 112 valence electrons. The average Bonchev–Trinajstić information content (AvgIpc) is 3.09. The minimum Gasteiger partial charge on any atom is -0.361 e. The highest BCUT2D eigenvalue weighted by atomic mass is 16.5. The van der Waals surface area contributed by atoms with Crippen molar-refractivity contribution in [2.24, 2.45) is 5.92 Å². The molecule has 0 aromatic carbocycles. The van der Waals surface area contributed by atoms with Gasteiger partial charge in [-0.2, -0.15) is 5.10 Å². The molecule has 2 aromatic rings. The van der Waals surface area contributed by atoms with Crippen LogP contribution in [0.4, 0.5) is 0 Å². The van der Waals surface area contributed by atoms with E-state index in [9.17, 15) is 4.79 Å². The van der Waals surface area contributed by atoms with Crippen LogP contribution in [0.2, 0.25) is 0 Å². The van der Waals surface area contributed by atoms with Crippen LogP contribution in [0.3, 0.4) is 0 Å². The topological polar surface area (TPSA) is 75.0 Å². The van der Waals surface area contributed by atoms with Crippen LogP contribution >= 0.6 is 0 Å². The number of nitrogens with zero attached hydrogens (tertiary/aromatic N) is 3. The van der Waals surface area contributed by atoms with Crippen LogP contribution < -0.4 is 0 Å². The van der Waals surface area contributed by atoms with Crippen LogP contribution in [0.1, 0.15) is 40.3 Å². The molecule has 1 aliphatic rings. The molecular weight excluding hydrogens is 268 g/mol. The first-order valence-electron chi connectivity index (χ1n) is 7.35.